The molecule has 0 bridgehead atoms. The number of nitrogens with one attached hydrogen (secondary N) is 2. The molecule has 0 fully saturated rings. The van der Waals surface area contributed by atoms with E-state index in [0.717, 1.165) is 16.6 Å². The van der Waals surface area contributed by atoms with Gasteiger partial charge in [0.15, 0.2) is 0 Å². The quantitative estimate of drug-likeness (QED) is 0.843. The number of hydrogen-bond acceptors (Lipinski definition) is 3. The lowest BCUT2D eigenvalue weighted by Gasteiger charge is -2.10. The molecule has 0 aliphatic rings. The third kappa shape index (κ3) is 3.95. The van der Waals surface area contributed by atoms with Gasteiger partial charge in [-0.2, -0.15) is 0 Å². The van der Waals surface area contributed by atoms with Gasteiger partial charge in [0.25, 0.3) is 5.91 Å². The van der Waals surface area contributed by atoms with Crippen LogP contribution >= 0.6 is 27.5 Å². The molecule has 0 spiro atoms. The van der Waals surface area contributed by atoms with Crippen LogP contribution in [-0.4, -0.2) is 17.9 Å². The average Bonchev–Trinajstić information content (AvgIpc) is 2.49. The van der Waals surface area contributed by atoms with E-state index in [1.807, 2.05) is 6.92 Å². The number of carbonyl (C=O) groups is 1. The highest BCUT2D eigenvalue weighted by Gasteiger charge is 2.11. The molecule has 4 nitrogen and oxygen atoms in total. The summed E-state index contributed by atoms with van der Waals surface area (Å²) in [4.78, 5) is 16.7. The van der Waals surface area contributed by atoms with Crippen LogP contribution in [0.5, 0.6) is 0 Å². The Morgan fingerprint density at radius 2 is 2.10 bits per heavy atom. The second-order valence-electron chi connectivity index (χ2n) is 4.41. The molecule has 0 aliphatic carbocycles. The van der Waals surface area contributed by atoms with Gasteiger partial charge in [0.2, 0.25) is 0 Å². The summed E-state index contributed by atoms with van der Waals surface area (Å²) in [5.41, 5.74) is 2.10. The van der Waals surface area contributed by atoms with Crippen LogP contribution < -0.4 is 10.6 Å². The van der Waals surface area contributed by atoms with E-state index in [2.05, 4.69) is 31.5 Å². The van der Waals surface area contributed by atoms with Crippen LogP contribution in [-0.2, 0) is 6.42 Å². The van der Waals surface area contributed by atoms with Crippen LogP contribution in [0.15, 0.2) is 34.8 Å². The Morgan fingerprint density at radius 3 is 2.71 bits per heavy atom. The highest BCUT2D eigenvalue weighted by Crippen LogP contribution is 2.26. The van der Waals surface area contributed by atoms with E-state index >= 15 is 0 Å². The summed E-state index contributed by atoms with van der Waals surface area (Å²) in [5, 5.41) is 6.42. The largest absolute Gasteiger partial charge is 0.373 e. The number of nitrogens with zero attached hydrogens (tertiary/aromatic N) is 1. The maximum absolute atomic E-state index is 12.4. The first kappa shape index (κ1) is 15.8. The molecule has 0 unspecified atom stereocenters. The lowest BCUT2D eigenvalue weighted by atomic mass is 10.1. The molecule has 0 saturated carbocycles. The van der Waals surface area contributed by atoms with Gasteiger partial charge < -0.3 is 10.6 Å². The Hall–Kier alpha value is -1.59. The third-order valence-electron chi connectivity index (χ3n) is 2.94. The van der Waals surface area contributed by atoms with Crippen molar-refractivity contribution in [2.45, 2.75) is 13.3 Å². The minimum absolute atomic E-state index is 0.188. The van der Waals surface area contributed by atoms with Crippen LogP contribution in [0.3, 0.4) is 0 Å². The molecule has 1 heterocycles. The Kier molecular flexibility index (Phi) is 5.20. The highest BCUT2D eigenvalue weighted by molar-refractivity contribution is 9.10. The van der Waals surface area contributed by atoms with Crippen LogP contribution in [0.25, 0.3) is 0 Å². The molecular weight excluding hydrogens is 354 g/mol. The van der Waals surface area contributed by atoms with Crippen LogP contribution in [0.2, 0.25) is 5.02 Å². The van der Waals surface area contributed by atoms with Gasteiger partial charge in [0.1, 0.15) is 5.82 Å². The SMILES string of the molecule is CCc1cc(C(=O)Nc2ccc(Cl)cc2Br)cc(NC)n1. The molecule has 1 aromatic carbocycles. The molecule has 2 N–H and O–H groups in total. The van der Waals surface area contributed by atoms with Crippen molar-refractivity contribution in [2.24, 2.45) is 0 Å². The van der Waals surface area contributed by atoms with Gasteiger partial charge in [-0.05, 0) is 52.7 Å². The summed E-state index contributed by atoms with van der Waals surface area (Å²) < 4.78 is 0.738. The van der Waals surface area contributed by atoms with Crippen LogP contribution in [0.4, 0.5) is 11.5 Å². The molecule has 0 radical (unpaired) electrons. The van der Waals surface area contributed by atoms with E-state index in [1.165, 1.54) is 0 Å². The van der Waals surface area contributed by atoms with Crippen molar-refractivity contribution < 1.29 is 4.79 Å². The second-order valence-corrected chi connectivity index (χ2v) is 5.71. The van der Waals surface area contributed by atoms with E-state index in [0.29, 0.717) is 22.1 Å². The van der Waals surface area contributed by atoms with Crippen molar-refractivity contribution in [3.63, 3.8) is 0 Å². The molecule has 2 rings (SSSR count). The summed E-state index contributed by atoms with van der Waals surface area (Å²) >= 11 is 9.27. The number of aromatic nitrogens is 1. The molecule has 0 aliphatic heterocycles. The Bertz CT molecular complexity index is 654. The van der Waals surface area contributed by atoms with E-state index < -0.39 is 0 Å². The number of carbonyl (C=O) groups excluding carboxylic acids is 1. The number of anilines is 2. The zero-order chi connectivity index (χ0) is 15.4. The number of benzene rings is 1. The average molecular weight is 369 g/mol. The monoisotopic (exact) mass is 367 g/mol. The standard InChI is InChI=1S/C15H15BrClN3O/c1-3-11-6-9(7-14(18-2)19-11)15(21)20-13-5-4-10(17)8-12(13)16/h4-8H,3H2,1-2H3,(H,18,19)(H,20,21). The maximum Gasteiger partial charge on any atom is 0.255 e. The van der Waals surface area contributed by atoms with E-state index in [-0.39, 0.29) is 5.91 Å². The van der Waals surface area contributed by atoms with Crippen molar-refractivity contribution in [1.82, 2.24) is 4.98 Å². The zero-order valence-electron chi connectivity index (χ0n) is 11.7. The van der Waals surface area contributed by atoms with Gasteiger partial charge in [0, 0.05) is 27.8 Å². The molecule has 2 aromatic rings. The molecular formula is C15H15BrClN3O. The number of pyridine rings is 1. The third-order valence-corrected chi connectivity index (χ3v) is 3.83. The first-order valence-electron chi connectivity index (χ1n) is 6.48. The smallest absolute Gasteiger partial charge is 0.255 e. The lowest BCUT2D eigenvalue weighted by molar-refractivity contribution is 0.102. The van der Waals surface area contributed by atoms with Gasteiger partial charge >= 0.3 is 0 Å². The van der Waals surface area contributed by atoms with Gasteiger partial charge in [-0.3, -0.25) is 4.79 Å². The van der Waals surface area contributed by atoms with Gasteiger partial charge in [-0.15, -0.1) is 0 Å². The fraction of sp³-hybridized carbons (Fsp3) is 0.200. The topological polar surface area (TPSA) is 54.0 Å². The first-order chi connectivity index (χ1) is 10.0. The first-order valence-corrected chi connectivity index (χ1v) is 7.65. The second kappa shape index (κ2) is 6.91. The van der Waals surface area contributed by atoms with Crippen LogP contribution in [0.1, 0.15) is 23.0 Å². The van der Waals surface area contributed by atoms with Crippen molar-refractivity contribution in [2.75, 3.05) is 17.7 Å². The van der Waals surface area contributed by atoms with Gasteiger partial charge in [-0.1, -0.05) is 18.5 Å². The van der Waals surface area contributed by atoms with Gasteiger partial charge in [0.05, 0.1) is 5.69 Å². The Morgan fingerprint density at radius 1 is 1.33 bits per heavy atom. The van der Waals surface area contributed by atoms with Gasteiger partial charge in [-0.25, -0.2) is 4.98 Å². The van der Waals surface area contributed by atoms with Crippen molar-refractivity contribution in [3.8, 4) is 0 Å². The normalized spacial score (nSPS) is 10.3. The Labute approximate surface area is 137 Å². The minimum atomic E-state index is -0.188. The molecule has 0 saturated heterocycles. The summed E-state index contributed by atoms with van der Waals surface area (Å²) in [5.74, 6) is 0.487. The highest BCUT2D eigenvalue weighted by atomic mass is 79.9. The van der Waals surface area contributed by atoms with E-state index in [4.69, 9.17) is 11.6 Å². The maximum atomic E-state index is 12.4. The molecule has 0 atom stereocenters. The molecule has 1 aromatic heterocycles. The Balaban J connectivity index is 2.27. The fourth-order valence-corrected chi connectivity index (χ4v) is 2.60. The summed E-state index contributed by atoms with van der Waals surface area (Å²) in [7, 11) is 1.78. The zero-order valence-corrected chi connectivity index (χ0v) is 14.0. The lowest BCUT2D eigenvalue weighted by Crippen LogP contribution is -2.13. The number of halogens is 2. The van der Waals surface area contributed by atoms with Crippen molar-refractivity contribution in [3.05, 3.63) is 51.1 Å². The molecule has 6 heteroatoms. The summed E-state index contributed by atoms with van der Waals surface area (Å²) in [6.07, 6.45) is 0.764. The number of amides is 1. The van der Waals surface area contributed by atoms with Crippen LogP contribution in [0, 0.1) is 0 Å². The number of rotatable bonds is 4. The van der Waals surface area contributed by atoms with E-state index in [9.17, 15) is 4.79 Å². The molecule has 110 valence electrons. The predicted octanol–water partition coefficient (Wildman–Crippen LogP) is 4.35. The number of hydrogen-bond donors (Lipinski definition) is 2. The molecule has 1 amide bonds. The van der Waals surface area contributed by atoms with Crippen molar-refractivity contribution >= 4 is 44.9 Å². The molecule has 21 heavy (non-hydrogen) atoms. The minimum Gasteiger partial charge on any atom is -0.373 e. The van der Waals surface area contributed by atoms with E-state index in [1.54, 1.807) is 37.4 Å². The number of aryl methyl sites for hydroxylation is 1. The van der Waals surface area contributed by atoms with Crippen molar-refractivity contribution in [1.29, 1.82) is 0 Å². The summed E-state index contributed by atoms with van der Waals surface area (Å²) in [6, 6.07) is 8.73. The summed E-state index contributed by atoms with van der Waals surface area (Å²) in [6.45, 7) is 2.00. The predicted molar refractivity (Wildman–Crippen MR) is 90.3 cm³/mol. The fourth-order valence-electron chi connectivity index (χ4n) is 1.81.